The molecule has 0 radical (unpaired) electrons. The van der Waals surface area contributed by atoms with Gasteiger partial charge in [-0.2, -0.15) is 13.2 Å². The minimum atomic E-state index is -4.64. The lowest BCUT2D eigenvalue weighted by Gasteiger charge is -2.22. The van der Waals surface area contributed by atoms with Gasteiger partial charge in [0.15, 0.2) is 5.78 Å². The number of hydrogen-bond donors (Lipinski definition) is 1. The molecule has 9 nitrogen and oxygen atoms in total. The highest BCUT2D eigenvalue weighted by molar-refractivity contribution is 6.00. The SMILES string of the molecule is O=C(O)[C@H]1[C@H](Cn2nnc3ccc(C(F)(F)F)cc3c2=O)CC[C@@H]1C(=O)c1ccc(OCCC2CCOCC2)cc1. The molecule has 1 aromatic heterocycles. The van der Waals surface area contributed by atoms with E-state index in [-0.39, 0.29) is 29.7 Å². The first-order valence-corrected chi connectivity index (χ1v) is 13.6. The molecule has 1 saturated heterocycles. The summed E-state index contributed by atoms with van der Waals surface area (Å²) in [6.07, 6.45) is -1.07. The summed E-state index contributed by atoms with van der Waals surface area (Å²) in [5.74, 6) is -2.86. The van der Waals surface area contributed by atoms with Gasteiger partial charge in [0, 0.05) is 24.7 Å². The van der Waals surface area contributed by atoms with Crippen LogP contribution in [0.2, 0.25) is 0 Å². The average molecular weight is 574 g/mol. The van der Waals surface area contributed by atoms with Gasteiger partial charge in [0.2, 0.25) is 0 Å². The van der Waals surface area contributed by atoms with Gasteiger partial charge in [0.05, 0.1) is 30.0 Å². The van der Waals surface area contributed by atoms with Crippen LogP contribution in [0.4, 0.5) is 13.2 Å². The number of carboxylic acids is 1. The number of carboxylic acid groups (broad SMARTS) is 1. The van der Waals surface area contributed by atoms with Gasteiger partial charge in [0.25, 0.3) is 5.56 Å². The molecular formula is C29H30F3N3O6. The van der Waals surface area contributed by atoms with Crippen LogP contribution >= 0.6 is 0 Å². The van der Waals surface area contributed by atoms with Crippen LogP contribution in [-0.2, 0) is 22.3 Å². The first-order valence-electron chi connectivity index (χ1n) is 13.6. The van der Waals surface area contributed by atoms with E-state index in [0.29, 0.717) is 30.3 Å². The number of aromatic nitrogens is 3. The van der Waals surface area contributed by atoms with E-state index in [1.165, 1.54) is 0 Å². The molecule has 0 spiro atoms. The molecule has 0 bridgehead atoms. The van der Waals surface area contributed by atoms with Gasteiger partial charge in [-0.1, -0.05) is 5.21 Å². The number of benzene rings is 2. The molecule has 0 amide bonds. The molecular weight excluding hydrogens is 543 g/mol. The van der Waals surface area contributed by atoms with Crippen molar-refractivity contribution < 1.29 is 37.3 Å². The Bertz CT molecular complexity index is 1470. The standard InChI is InChI=1S/C29H30F3N3O6/c30-29(31,32)20-4-8-24-23(15-20)27(37)35(34-33-24)16-19-3-7-22(25(19)28(38)39)26(36)18-1-5-21(6-2-18)41-14-11-17-9-12-40-13-10-17/h1-2,4-6,8,15,17,19,22,25H,3,7,9-14,16H2,(H,38,39)/t19-,22-,25-/m0/s1. The minimum absolute atomic E-state index is 0.00419. The van der Waals surface area contributed by atoms with E-state index in [4.69, 9.17) is 9.47 Å². The van der Waals surface area contributed by atoms with E-state index in [2.05, 4.69) is 10.3 Å². The summed E-state index contributed by atoms with van der Waals surface area (Å²) in [7, 11) is 0. The van der Waals surface area contributed by atoms with Gasteiger partial charge in [-0.3, -0.25) is 14.4 Å². The Hall–Kier alpha value is -3.80. The maximum absolute atomic E-state index is 13.3. The molecule has 1 N–H and O–H groups in total. The maximum atomic E-state index is 13.3. The van der Waals surface area contributed by atoms with Crippen LogP contribution in [0, 0.1) is 23.7 Å². The third-order valence-electron chi connectivity index (χ3n) is 8.14. The molecule has 218 valence electrons. The fourth-order valence-corrected chi connectivity index (χ4v) is 5.86. The number of halogens is 3. The van der Waals surface area contributed by atoms with Crippen molar-refractivity contribution in [3.05, 3.63) is 63.9 Å². The zero-order chi connectivity index (χ0) is 29.1. The number of carbonyl (C=O) groups excluding carboxylic acids is 1. The van der Waals surface area contributed by atoms with Gasteiger partial charge < -0.3 is 14.6 Å². The van der Waals surface area contributed by atoms with Crippen LogP contribution in [0.3, 0.4) is 0 Å². The van der Waals surface area contributed by atoms with Crippen molar-refractivity contribution in [1.29, 1.82) is 0 Å². The summed E-state index contributed by atoms with van der Waals surface area (Å²) >= 11 is 0. The highest BCUT2D eigenvalue weighted by Gasteiger charge is 2.45. The highest BCUT2D eigenvalue weighted by atomic mass is 19.4. The molecule has 1 aliphatic heterocycles. The Morgan fingerprint density at radius 1 is 1.05 bits per heavy atom. The fourth-order valence-electron chi connectivity index (χ4n) is 5.86. The summed E-state index contributed by atoms with van der Waals surface area (Å²) < 4.78 is 51.6. The van der Waals surface area contributed by atoms with Gasteiger partial charge in [-0.05, 0) is 86.4 Å². The van der Waals surface area contributed by atoms with Crippen LogP contribution in [-0.4, -0.2) is 51.7 Å². The first-order chi connectivity index (χ1) is 19.6. The van der Waals surface area contributed by atoms with Crippen LogP contribution < -0.4 is 10.3 Å². The Balaban J connectivity index is 1.26. The summed E-state index contributed by atoms with van der Waals surface area (Å²) in [4.78, 5) is 38.6. The number of fused-ring (bicyclic) bond motifs is 1. The number of hydrogen-bond acceptors (Lipinski definition) is 7. The third-order valence-corrected chi connectivity index (χ3v) is 8.14. The third kappa shape index (κ3) is 6.42. The topological polar surface area (TPSA) is 121 Å². The molecule has 2 aromatic carbocycles. The van der Waals surface area contributed by atoms with Crippen molar-refractivity contribution >= 4 is 22.7 Å². The van der Waals surface area contributed by atoms with E-state index in [9.17, 15) is 32.7 Å². The molecule has 1 saturated carbocycles. The number of nitrogens with zero attached hydrogens (tertiary/aromatic N) is 3. The number of Topliss-reactive ketones (excluding diaryl/α,β-unsaturated/α-hetero) is 1. The predicted octanol–water partition coefficient (Wildman–Crippen LogP) is 4.62. The number of alkyl halides is 3. The molecule has 3 aromatic rings. The molecule has 12 heteroatoms. The molecule has 41 heavy (non-hydrogen) atoms. The second-order valence-corrected chi connectivity index (χ2v) is 10.7. The Morgan fingerprint density at radius 3 is 2.46 bits per heavy atom. The van der Waals surface area contributed by atoms with E-state index in [1.807, 2.05) is 0 Å². The minimum Gasteiger partial charge on any atom is -0.494 e. The second-order valence-electron chi connectivity index (χ2n) is 10.7. The number of ether oxygens (including phenoxy) is 2. The largest absolute Gasteiger partial charge is 0.494 e. The van der Waals surface area contributed by atoms with E-state index < -0.39 is 41.0 Å². The van der Waals surface area contributed by atoms with Crippen LogP contribution in [0.25, 0.3) is 10.9 Å². The molecule has 5 rings (SSSR count). The van der Waals surface area contributed by atoms with E-state index >= 15 is 0 Å². The smallest absolute Gasteiger partial charge is 0.416 e. The fraction of sp³-hybridized carbons (Fsp3) is 0.483. The van der Waals surface area contributed by atoms with Crippen molar-refractivity contribution in [3.8, 4) is 5.75 Å². The van der Waals surface area contributed by atoms with Gasteiger partial charge in [0.1, 0.15) is 11.3 Å². The molecule has 2 heterocycles. The van der Waals surface area contributed by atoms with Gasteiger partial charge >= 0.3 is 12.1 Å². The van der Waals surface area contributed by atoms with Crippen LogP contribution in [0.1, 0.15) is 48.0 Å². The van der Waals surface area contributed by atoms with Crippen molar-refractivity contribution in [2.24, 2.45) is 23.7 Å². The van der Waals surface area contributed by atoms with Crippen molar-refractivity contribution in [3.63, 3.8) is 0 Å². The van der Waals surface area contributed by atoms with E-state index in [1.54, 1.807) is 24.3 Å². The van der Waals surface area contributed by atoms with E-state index in [0.717, 1.165) is 55.4 Å². The average Bonchev–Trinajstić information content (AvgIpc) is 3.38. The van der Waals surface area contributed by atoms with Crippen LogP contribution in [0.15, 0.2) is 47.3 Å². The lowest BCUT2D eigenvalue weighted by atomic mass is 9.84. The molecule has 3 atom stereocenters. The quantitative estimate of drug-likeness (QED) is 0.369. The second kappa shape index (κ2) is 12.0. The molecule has 0 unspecified atom stereocenters. The lowest BCUT2D eigenvalue weighted by Crippen LogP contribution is -2.34. The zero-order valence-electron chi connectivity index (χ0n) is 22.2. The summed E-state index contributed by atoms with van der Waals surface area (Å²) in [6, 6.07) is 9.24. The zero-order valence-corrected chi connectivity index (χ0v) is 22.2. The molecule has 2 aliphatic rings. The highest BCUT2D eigenvalue weighted by Crippen LogP contribution is 2.40. The Morgan fingerprint density at radius 2 is 1.78 bits per heavy atom. The first kappa shape index (κ1) is 28.7. The molecule has 1 aliphatic carbocycles. The van der Waals surface area contributed by atoms with Crippen molar-refractivity contribution in [2.75, 3.05) is 19.8 Å². The van der Waals surface area contributed by atoms with Crippen molar-refractivity contribution in [1.82, 2.24) is 15.0 Å². The predicted molar refractivity (Wildman–Crippen MR) is 141 cm³/mol. The molecule has 2 fully saturated rings. The Kier molecular flexibility index (Phi) is 8.39. The van der Waals surface area contributed by atoms with Crippen molar-refractivity contribution in [2.45, 2.75) is 44.8 Å². The van der Waals surface area contributed by atoms with Gasteiger partial charge in [-0.15, -0.1) is 5.10 Å². The normalized spacial score (nSPS) is 21.7. The number of ketones is 1. The van der Waals surface area contributed by atoms with Gasteiger partial charge in [-0.25, -0.2) is 4.68 Å². The lowest BCUT2D eigenvalue weighted by molar-refractivity contribution is -0.144. The Labute approximate surface area is 233 Å². The number of carbonyl (C=O) groups is 2. The summed E-state index contributed by atoms with van der Waals surface area (Å²) in [6.45, 7) is 1.92. The maximum Gasteiger partial charge on any atom is 0.416 e. The number of aliphatic carboxylic acids is 1. The monoisotopic (exact) mass is 573 g/mol. The number of rotatable bonds is 9. The van der Waals surface area contributed by atoms with Crippen LogP contribution in [0.5, 0.6) is 5.75 Å². The summed E-state index contributed by atoms with van der Waals surface area (Å²) in [5.41, 5.74) is -1.43. The summed E-state index contributed by atoms with van der Waals surface area (Å²) in [5, 5.41) is 17.4.